The van der Waals surface area contributed by atoms with E-state index in [2.05, 4.69) is 34.6 Å². The normalized spacial score (nSPS) is 12.2. The second-order valence-electron chi connectivity index (χ2n) is 12.5. The summed E-state index contributed by atoms with van der Waals surface area (Å²) >= 11 is 0. The Kier molecular flexibility index (Phi) is 32.2. The maximum absolute atomic E-state index is 13.2. The molecule has 0 rings (SSSR count). The summed E-state index contributed by atoms with van der Waals surface area (Å²) in [6, 6.07) is 0. The first-order valence-corrected chi connectivity index (χ1v) is 18.0. The third kappa shape index (κ3) is 29.3. The molecule has 0 aliphatic heterocycles. The number of ketones is 1. The molecule has 7 heteroatoms. The van der Waals surface area contributed by atoms with Gasteiger partial charge in [-0.05, 0) is 33.5 Å². The van der Waals surface area contributed by atoms with E-state index in [0.29, 0.717) is 19.6 Å². The van der Waals surface area contributed by atoms with Gasteiger partial charge in [0.25, 0.3) is 0 Å². The highest BCUT2D eigenvalue weighted by atomic mass is 16.6. The van der Waals surface area contributed by atoms with E-state index in [-0.39, 0.29) is 25.2 Å². The molecule has 0 amide bonds. The predicted octanol–water partition coefficient (Wildman–Crippen LogP) is 9.57. The van der Waals surface area contributed by atoms with Gasteiger partial charge in [-0.25, -0.2) is 4.79 Å². The molecule has 263 valence electrons. The zero-order chi connectivity index (χ0) is 34.2. The van der Waals surface area contributed by atoms with Crippen molar-refractivity contribution in [3.8, 4) is 0 Å². The van der Waals surface area contributed by atoms with E-state index in [9.17, 15) is 14.4 Å². The van der Waals surface area contributed by atoms with Gasteiger partial charge in [-0.2, -0.15) is 0 Å². The van der Waals surface area contributed by atoms with E-state index in [0.717, 1.165) is 51.4 Å². The molecule has 0 aromatic carbocycles. The van der Waals surface area contributed by atoms with E-state index in [1.807, 2.05) is 19.0 Å². The Morgan fingerprint density at radius 3 is 1.56 bits per heavy atom. The van der Waals surface area contributed by atoms with Crippen molar-refractivity contribution < 1.29 is 28.6 Å². The molecule has 0 aromatic heterocycles. The standard InChI is InChI=1S/C29H51NO6.C9H19/c1-7-9-11-13-15-17-21-34-26(4)24-29(23-25(3)31,36-27(32)19-20-30(5)6)28(33)35-22-18-16-14-12-10-8-2;1-3-5-7-9-8-6-4-2/h4H,3,7-24H2,1-2,5-6H3;1,3-9H2,2H3. The van der Waals surface area contributed by atoms with Gasteiger partial charge < -0.3 is 19.1 Å². The molecule has 45 heavy (non-hydrogen) atoms. The Labute approximate surface area is 278 Å². The SMILES string of the molecule is [CH2]CCCCCCCC.[CH]=C(CC(CC([CH2])=O)(OC(=O)CCN(C)C)C(=O)OCCCCCCCC)OCCCCCCCC. The highest BCUT2D eigenvalue weighted by molar-refractivity contribution is 5.92. The molecule has 3 radical (unpaired) electrons. The third-order valence-electron chi connectivity index (χ3n) is 7.51. The number of rotatable bonds is 30. The monoisotopic (exact) mass is 637 g/mol. The maximum Gasteiger partial charge on any atom is 0.351 e. The highest BCUT2D eigenvalue weighted by Gasteiger charge is 2.46. The Balaban J connectivity index is 0. The zero-order valence-corrected chi connectivity index (χ0v) is 30.1. The largest absolute Gasteiger partial charge is 0.498 e. The molecule has 0 saturated carbocycles. The van der Waals surface area contributed by atoms with Crippen molar-refractivity contribution in [2.24, 2.45) is 0 Å². The number of unbranched alkanes of at least 4 members (excludes halogenated alkanes) is 16. The Hall–Kier alpha value is -1.89. The zero-order valence-electron chi connectivity index (χ0n) is 30.1. The third-order valence-corrected chi connectivity index (χ3v) is 7.51. The van der Waals surface area contributed by atoms with Crippen molar-refractivity contribution in [3.63, 3.8) is 0 Å². The highest BCUT2D eigenvalue weighted by Crippen LogP contribution is 2.29. The van der Waals surface area contributed by atoms with Crippen LogP contribution in [0.15, 0.2) is 5.76 Å². The number of carbonyl (C=O) groups excluding carboxylic acids is 3. The molecule has 0 spiro atoms. The molecule has 0 aliphatic carbocycles. The smallest absolute Gasteiger partial charge is 0.351 e. The summed E-state index contributed by atoms with van der Waals surface area (Å²) in [5.41, 5.74) is -1.88. The molecule has 1 atom stereocenters. The van der Waals surface area contributed by atoms with Gasteiger partial charge in [0.05, 0.1) is 32.5 Å². The van der Waals surface area contributed by atoms with Gasteiger partial charge in [-0.1, -0.05) is 137 Å². The van der Waals surface area contributed by atoms with Crippen LogP contribution < -0.4 is 0 Å². The van der Waals surface area contributed by atoms with Crippen molar-refractivity contribution in [1.82, 2.24) is 4.90 Å². The molecule has 0 fully saturated rings. The fraction of sp³-hybridized carbons (Fsp3) is 0.816. The minimum atomic E-state index is -1.88. The fourth-order valence-corrected chi connectivity index (χ4v) is 4.78. The van der Waals surface area contributed by atoms with Crippen molar-refractivity contribution in [3.05, 3.63) is 26.2 Å². The molecule has 7 nitrogen and oxygen atoms in total. The lowest BCUT2D eigenvalue weighted by Crippen LogP contribution is -2.47. The van der Waals surface area contributed by atoms with Gasteiger partial charge in [-0.15, -0.1) is 0 Å². The first kappa shape index (κ1) is 45.2. The average Bonchev–Trinajstić information content (AvgIpc) is 2.99. The van der Waals surface area contributed by atoms with E-state index < -0.39 is 29.7 Å². The second kappa shape index (κ2) is 32.1. The van der Waals surface area contributed by atoms with Gasteiger partial charge in [0.2, 0.25) is 5.60 Å². The molecule has 0 saturated heterocycles. The first-order chi connectivity index (χ1) is 21.6. The van der Waals surface area contributed by atoms with Crippen LogP contribution in [0.1, 0.15) is 162 Å². The number of hydrogen-bond donors (Lipinski definition) is 0. The van der Waals surface area contributed by atoms with E-state index in [1.165, 1.54) is 64.2 Å². The van der Waals surface area contributed by atoms with Crippen LogP contribution in [0.5, 0.6) is 0 Å². The number of carbonyl (C=O) groups is 3. The minimum absolute atomic E-state index is 0.0433. The molecule has 0 heterocycles. The fourth-order valence-electron chi connectivity index (χ4n) is 4.78. The summed E-state index contributed by atoms with van der Waals surface area (Å²) in [6.07, 6.45) is 21.6. The molecular weight excluding hydrogens is 566 g/mol. The second-order valence-corrected chi connectivity index (χ2v) is 12.5. The molecular formula is C38H70NO6. The van der Waals surface area contributed by atoms with Crippen LogP contribution in [0, 0.1) is 20.4 Å². The number of hydrogen-bond acceptors (Lipinski definition) is 7. The number of Topliss-reactive ketones (excluding diaryl/α,β-unsaturated/α-hetero) is 1. The number of esters is 2. The van der Waals surface area contributed by atoms with Crippen LogP contribution >= 0.6 is 0 Å². The van der Waals surface area contributed by atoms with Gasteiger partial charge >= 0.3 is 11.9 Å². The molecule has 0 aromatic rings. The van der Waals surface area contributed by atoms with Gasteiger partial charge in [-0.3, -0.25) is 9.59 Å². The maximum atomic E-state index is 13.2. The first-order valence-electron chi connectivity index (χ1n) is 18.0. The van der Waals surface area contributed by atoms with Crippen LogP contribution in [0.4, 0.5) is 0 Å². The number of nitrogens with zero attached hydrogens (tertiary/aromatic N) is 1. The summed E-state index contributed by atoms with van der Waals surface area (Å²) < 4.78 is 16.8. The summed E-state index contributed by atoms with van der Waals surface area (Å²) in [5.74, 6) is -1.89. The van der Waals surface area contributed by atoms with Gasteiger partial charge in [0, 0.05) is 13.5 Å². The molecule has 0 N–H and O–H groups in total. The van der Waals surface area contributed by atoms with Crippen LogP contribution in [-0.4, -0.2) is 62.1 Å². The molecule has 0 bridgehead atoms. The minimum Gasteiger partial charge on any atom is -0.498 e. The topological polar surface area (TPSA) is 82.1 Å². The molecule has 0 aliphatic rings. The van der Waals surface area contributed by atoms with Crippen LogP contribution in [0.2, 0.25) is 0 Å². The Morgan fingerprint density at radius 1 is 0.667 bits per heavy atom. The lowest BCUT2D eigenvalue weighted by Gasteiger charge is -2.31. The van der Waals surface area contributed by atoms with Crippen molar-refractivity contribution >= 4 is 17.7 Å². The van der Waals surface area contributed by atoms with Crippen LogP contribution in [0.25, 0.3) is 0 Å². The summed E-state index contributed by atoms with van der Waals surface area (Å²) in [5, 5.41) is 0. The summed E-state index contributed by atoms with van der Waals surface area (Å²) in [6.45, 7) is 20.9. The van der Waals surface area contributed by atoms with E-state index in [4.69, 9.17) is 20.8 Å². The van der Waals surface area contributed by atoms with E-state index in [1.54, 1.807) is 0 Å². The van der Waals surface area contributed by atoms with Gasteiger partial charge in [0.15, 0.2) is 0 Å². The van der Waals surface area contributed by atoms with Crippen molar-refractivity contribution in [2.75, 3.05) is 33.9 Å². The lowest BCUT2D eigenvalue weighted by molar-refractivity contribution is -0.185. The van der Waals surface area contributed by atoms with Crippen LogP contribution in [-0.2, 0) is 28.6 Å². The Morgan fingerprint density at radius 2 is 1.11 bits per heavy atom. The van der Waals surface area contributed by atoms with E-state index >= 15 is 0 Å². The number of ether oxygens (including phenoxy) is 3. The average molecular weight is 637 g/mol. The van der Waals surface area contributed by atoms with Gasteiger partial charge in [0.1, 0.15) is 11.5 Å². The lowest BCUT2D eigenvalue weighted by atomic mass is 9.92. The van der Waals surface area contributed by atoms with Crippen LogP contribution in [0.3, 0.4) is 0 Å². The summed E-state index contributed by atoms with van der Waals surface area (Å²) in [4.78, 5) is 39.7. The van der Waals surface area contributed by atoms with Crippen molar-refractivity contribution in [1.29, 1.82) is 0 Å². The Bertz CT molecular complexity index is 732. The predicted molar refractivity (Wildman–Crippen MR) is 186 cm³/mol. The summed E-state index contributed by atoms with van der Waals surface area (Å²) in [7, 11) is 3.66. The molecule has 1 unspecified atom stereocenters. The van der Waals surface area contributed by atoms with Crippen molar-refractivity contribution in [2.45, 2.75) is 168 Å². The quantitative estimate of drug-likeness (QED) is 0.0441.